The van der Waals surface area contributed by atoms with Gasteiger partial charge in [0.25, 0.3) is 0 Å². The number of nitrogens with two attached hydrogens (primary N) is 1. The van der Waals surface area contributed by atoms with E-state index in [0.717, 1.165) is 0 Å². The lowest BCUT2D eigenvalue weighted by atomic mass is 10.0. The third kappa shape index (κ3) is 5.69. The molecule has 2 N–H and O–H groups in total. The van der Waals surface area contributed by atoms with Crippen molar-refractivity contribution in [2.45, 2.75) is 0 Å². The van der Waals surface area contributed by atoms with Crippen LogP contribution in [0.25, 0.3) is 0 Å². The van der Waals surface area contributed by atoms with Crippen molar-refractivity contribution in [3.05, 3.63) is 23.7 Å². The van der Waals surface area contributed by atoms with Gasteiger partial charge in [-0.25, -0.2) is 0 Å². The second kappa shape index (κ2) is 3.67. The molecule has 0 aromatic carbocycles. The van der Waals surface area contributed by atoms with Gasteiger partial charge >= 0.3 is 0 Å². The molecule has 0 spiro atoms. The van der Waals surface area contributed by atoms with Crippen molar-refractivity contribution in [1.82, 2.24) is 0 Å². The fourth-order valence-electron chi connectivity index (χ4n) is 0.185. The number of hydrogen-bond donors (Lipinski definition) is 1. The van der Waals surface area contributed by atoms with Crippen molar-refractivity contribution >= 4 is 19.6 Å². The Morgan fingerprint density at radius 3 is 2.25 bits per heavy atom. The summed E-state index contributed by atoms with van der Waals surface area (Å²) in [4.78, 5) is 0. The summed E-state index contributed by atoms with van der Waals surface area (Å²) in [6.45, 7) is 6.96. The Morgan fingerprint density at radius 1 is 1.62 bits per heavy atom. The van der Waals surface area contributed by atoms with E-state index in [4.69, 9.17) is 13.6 Å². The molecule has 0 aromatic heterocycles. The molecule has 42 valence electrons. The lowest BCUT2D eigenvalue weighted by Crippen LogP contribution is -1.91. The zero-order chi connectivity index (χ0) is 6.57. The molecule has 3 heteroatoms. The molecule has 0 saturated carbocycles. The topological polar surface area (TPSA) is 26.0 Å². The highest BCUT2D eigenvalue weighted by Crippen LogP contribution is 2.08. The van der Waals surface area contributed by atoms with Crippen LogP contribution in [0.1, 0.15) is 0 Å². The van der Waals surface area contributed by atoms with E-state index in [-0.39, 0.29) is 0 Å². The smallest absolute Gasteiger partial charge is 0.108 e. The van der Waals surface area contributed by atoms with E-state index in [1.54, 1.807) is 0 Å². The molecular formula is C5H8BNS. The lowest BCUT2D eigenvalue weighted by Gasteiger charge is -1.96. The Morgan fingerprint density at radius 2 is 2.12 bits per heavy atom. The largest absolute Gasteiger partial charge is 0.394 e. The van der Waals surface area contributed by atoms with Gasteiger partial charge in [-0.1, -0.05) is 6.58 Å². The summed E-state index contributed by atoms with van der Waals surface area (Å²) in [5.74, 6) is 0.662. The maximum atomic E-state index is 5.23. The molecule has 0 rings (SSSR count). The molecule has 0 aliphatic carbocycles. The summed E-state index contributed by atoms with van der Waals surface area (Å²) < 4.78 is 0. The van der Waals surface area contributed by atoms with E-state index in [0.29, 0.717) is 16.3 Å². The summed E-state index contributed by atoms with van der Waals surface area (Å²) >= 11 is 1.40. The van der Waals surface area contributed by atoms with Crippen LogP contribution < -0.4 is 5.73 Å². The fraction of sp³-hybridized carbons (Fsp3) is 0.200. The molecular weight excluding hydrogens is 117 g/mol. The first-order valence-corrected chi connectivity index (χ1v) is 3.12. The SMILES string of the molecule is [B]C(=C)CSC(=C)N. The van der Waals surface area contributed by atoms with Crippen LogP contribution in [-0.2, 0) is 0 Å². The van der Waals surface area contributed by atoms with Gasteiger partial charge in [-0.05, 0) is 0 Å². The number of hydrogen-bond acceptors (Lipinski definition) is 2. The molecule has 0 bridgehead atoms. The molecule has 0 unspecified atom stereocenters. The van der Waals surface area contributed by atoms with Crippen molar-refractivity contribution in [1.29, 1.82) is 0 Å². The molecule has 0 atom stereocenters. The second-order valence-electron chi connectivity index (χ2n) is 1.41. The zero-order valence-corrected chi connectivity index (χ0v) is 5.50. The highest BCUT2D eigenvalue weighted by atomic mass is 32.2. The van der Waals surface area contributed by atoms with Crippen LogP contribution >= 0.6 is 11.8 Å². The fourth-order valence-corrected chi connectivity index (χ4v) is 0.556. The molecule has 0 aromatic rings. The first-order chi connectivity index (χ1) is 3.63. The van der Waals surface area contributed by atoms with Gasteiger partial charge in [0.05, 0.1) is 5.03 Å². The van der Waals surface area contributed by atoms with Gasteiger partial charge in [0.15, 0.2) is 0 Å². The van der Waals surface area contributed by atoms with Crippen LogP contribution in [0.3, 0.4) is 0 Å². The summed E-state index contributed by atoms with van der Waals surface area (Å²) in [5.41, 5.74) is 5.84. The quantitative estimate of drug-likeness (QED) is 0.565. The van der Waals surface area contributed by atoms with E-state index in [2.05, 4.69) is 13.2 Å². The first-order valence-electron chi connectivity index (χ1n) is 2.13. The highest BCUT2D eigenvalue weighted by molar-refractivity contribution is 8.03. The van der Waals surface area contributed by atoms with E-state index in [9.17, 15) is 0 Å². The first kappa shape index (κ1) is 7.69. The summed E-state index contributed by atoms with van der Waals surface area (Å²) in [6.07, 6.45) is 0. The van der Waals surface area contributed by atoms with Gasteiger partial charge in [-0.15, -0.1) is 23.8 Å². The number of rotatable bonds is 3. The Balaban J connectivity index is 3.18. The summed E-state index contributed by atoms with van der Waals surface area (Å²) in [7, 11) is 5.23. The van der Waals surface area contributed by atoms with Crippen LogP contribution in [-0.4, -0.2) is 13.6 Å². The molecule has 0 aliphatic heterocycles. The molecule has 8 heavy (non-hydrogen) atoms. The van der Waals surface area contributed by atoms with Crippen molar-refractivity contribution in [2.75, 3.05) is 5.75 Å². The van der Waals surface area contributed by atoms with Crippen molar-refractivity contribution in [2.24, 2.45) is 5.73 Å². The molecule has 2 radical (unpaired) electrons. The standard InChI is InChI=1S/C5H8BNS/c1-4(6)3-8-5(2)7/h1-3,7H2. The van der Waals surface area contributed by atoms with Gasteiger partial charge in [0.1, 0.15) is 7.85 Å². The van der Waals surface area contributed by atoms with E-state index in [1.807, 2.05) is 0 Å². The molecule has 0 fully saturated rings. The van der Waals surface area contributed by atoms with Gasteiger partial charge in [-0.3, -0.25) is 0 Å². The molecule has 0 amide bonds. The highest BCUT2D eigenvalue weighted by Gasteiger charge is 1.86. The van der Waals surface area contributed by atoms with E-state index < -0.39 is 0 Å². The Bertz CT molecular complexity index is 97.0. The van der Waals surface area contributed by atoms with Gasteiger partial charge in [0, 0.05) is 5.75 Å². The summed E-state index contributed by atoms with van der Waals surface area (Å²) in [5, 5.41) is 0.580. The van der Waals surface area contributed by atoms with Crippen LogP contribution in [0.15, 0.2) is 23.7 Å². The molecule has 0 saturated heterocycles. The minimum atomic E-state index is 0.580. The predicted octanol–water partition coefficient (Wildman–Crippen LogP) is 0.832. The minimum absolute atomic E-state index is 0.580. The average molecular weight is 125 g/mol. The summed E-state index contributed by atoms with van der Waals surface area (Å²) in [6, 6.07) is 0. The second-order valence-corrected chi connectivity index (χ2v) is 2.51. The van der Waals surface area contributed by atoms with Crippen LogP contribution in [0.2, 0.25) is 0 Å². The third-order valence-corrected chi connectivity index (χ3v) is 1.33. The van der Waals surface area contributed by atoms with Crippen LogP contribution in [0.4, 0.5) is 0 Å². The molecule has 0 aliphatic rings. The van der Waals surface area contributed by atoms with Crippen molar-refractivity contribution < 1.29 is 0 Å². The van der Waals surface area contributed by atoms with Crippen molar-refractivity contribution in [3.63, 3.8) is 0 Å². The lowest BCUT2D eigenvalue weighted by molar-refractivity contribution is 1.57. The normalized spacial score (nSPS) is 8.50. The Hall–Kier alpha value is -0.305. The Labute approximate surface area is 55.4 Å². The zero-order valence-electron chi connectivity index (χ0n) is 4.68. The molecule has 1 nitrogen and oxygen atoms in total. The Kier molecular flexibility index (Phi) is 3.53. The van der Waals surface area contributed by atoms with Crippen LogP contribution in [0, 0.1) is 0 Å². The van der Waals surface area contributed by atoms with Gasteiger partial charge < -0.3 is 5.73 Å². The molecule has 0 heterocycles. The third-order valence-electron chi connectivity index (χ3n) is 0.443. The maximum Gasteiger partial charge on any atom is 0.108 e. The number of thioether (sulfide) groups is 1. The van der Waals surface area contributed by atoms with E-state index >= 15 is 0 Å². The van der Waals surface area contributed by atoms with Crippen LogP contribution in [0.5, 0.6) is 0 Å². The van der Waals surface area contributed by atoms with Crippen molar-refractivity contribution in [3.8, 4) is 0 Å². The van der Waals surface area contributed by atoms with Gasteiger partial charge in [-0.2, -0.15) is 0 Å². The minimum Gasteiger partial charge on any atom is -0.394 e. The monoisotopic (exact) mass is 125 g/mol. The maximum absolute atomic E-state index is 5.23. The predicted molar refractivity (Wildman–Crippen MR) is 40.7 cm³/mol. The average Bonchev–Trinajstić information content (AvgIpc) is 1.61. The van der Waals surface area contributed by atoms with Gasteiger partial charge in [0.2, 0.25) is 0 Å². The van der Waals surface area contributed by atoms with E-state index in [1.165, 1.54) is 11.8 Å².